The van der Waals surface area contributed by atoms with Crippen molar-refractivity contribution in [1.29, 1.82) is 0 Å². The molecule has 20 heavy (non-hydrogen) atoms. The van der Waals surface area contributed by atoms with Crippen molar-refractivity contribution in [3.63, 3.8) is 0 Å². The molecule has 0 amide bonds. The Kier molecular flexibility index (Phi) is 7.24. The minimum absolute atomic E-state index is 0.0130. The number of rotatable bonds is 9. The Bertz CT molecular complexity index is 444. The Morgan fingerprint density at radius 2 is 2.30 bits per heavy atom. The van der Waals surface area contributed by atoms with Crippen molar-refractivity contribution in [1.82, 2.24) is 5.32 Å². The van der Waals surface area contributed by atoms with Crippen molar-refractivity contribution >= 4 is 17.3 Å². The lowest BCUT2D eigenvalue weighted by Crippen LogP contribution is -2.33. The smallest absolute Gasteiger partial charge is 0.273 e. The van der Waals surface area contributed by atoms with Crippen molar-refractivity contribution in [3.8, 4) is 5.75 Å². The van der Waals surface area contributed by atoms with E-state index < -0.39 is 11.0 Å². The summed E-state index contributed by atoms with van der Waals surface area (Å²) in [4.78, 5) is 10.1. The van der Waals surface area contributed by atoms with Gasteiger partial charge in [-0.15, -0.1) is 0 Å². The summed E-state index contributed by atoms with van der Waals surface area (Å²) in [7, 11) is 1.59. The number of nitrogens with zero attached hydrogens (tertiary/aromatic N) is 1. The summed E-state index contributed by atoms with van der Waals surface area (Å²) in [5, 5.41) is 23.5. The van der Waals surface area contributed by atoms with Crippen molar-refractivity contribution in [2.75, 3.05) is 33.4 Å². The number of aliphatic hydroxyl groups excluding tert-OH is 1. The minimum atomic E-state index is -0.748. The molecule has 1 atom stereocenters. The first-order valence-electron chi connectivity index (χ1n) is 5.99. The summed E-state index contributed by atoms with van der Waals surface area (Å²) in [6.07, 6.45) is -0.748. The Morgan fingerprint density at radius 3 is 2.95 bits per heavy atom. The molecule has 0 saturated carbocycles. The van der Waals surface area contributed by atoms with Crippen molar-refractivity contribution in [2.24, 2.45) is 0 Å². The van der Waals surface area contributed by atoms with Crippen LogP contribution in [0.25, 0.3) is 0 Å². The molecule has 1 aromatic rings. The lowest BCUT2D eigenvalue weighted by Gasteiger charge is -2.13. The number of methoxy groups -OCH3 is 1. The minimum Gasteiger partial charge on any atom is -0.489 e. The van der Waals surface area contributed by atoms with Crippen LogP contribution < -0.4 is 10.1 Å². The molecule has 0 fully saturated rings. The number of halogens is 1. The van der Waals surface area contributed by atoms with Gasteiger partial charge in [0.2, 0.25) is 0 Å². The van der Waals surface area contributed by atoms with Crippen molar-refractivity contribution < 1.29 is 19.5 Å². The average molecular weight is 305 g/mol. The summed E-state index contributed by atoms with van der Waals surface area (Å²) in [5.74, 6) is 0.178. The Balaban J connectivity index is 2.44. The first-order valence-corrected chi connectivity index (χ1v) is 6.37. The molecule has 0 aliphatic heterocycles. The van der Waals surface area contributed by atoms with Crippen LogP contribution in [0, 0.1) is 10.1 Å². The number of hydrogen-bond donors (Lipinski definition) is 2. The van der Waals surface area contributed by atoms with Crippen LogP contribution in [0.4, 0.5) is 5.69 Å². The van der Waals surface area contributed by atoms with Crippen LogP contribution in [-0.2, 0) is 4.74 Å². The summed E-state index contributed by atoms with van der Waals surface area (Å²) in [5.41, 5.74) is -0.114. The van der Waals surface area contributed by atoms with Gasteiger partial charge in [0, 0.05) is 26.3 Å². The number of aliphatic hydroxyl groups is 1. The van der Waals surface area contributed by atoms with E-state index in [4.69, 9.17) is 21.1 Å². The maximum Gasteiger partial charge on any atom is 0.273 e. The molecule has 2 N–H and O–H groups in total. The molecule has 112 valence electrons. The molecule has 0 saturated heterocycles. The molecule has 1 rings (SSSR count). The molecule has 0 aliphatic carbocycles. The second-order valence-electron chi connectivity index (χ2n) is 4.03. The third-order valence-electron chi connectivity index (χ3n) is 2.42. The van der Waals surface area contributed by atoms with Crippen LogP contribution >= 0.6 is 11.6 Å². The number of nitrogens with one attached hydrogen (secondary N) is 1. The molecular formula is C12H17ClN2O5. The van der Waals surface area contributed by atoms with Crippen molar-refractivity contribution in [3.05, 3.63) is 33.3 Å². The van der Waals surface area contributed by atoms with Gasteiger partial charge in [-0.2, -0.15) is 0 Å². The van der Waals surface area contributed by atoms with E-state index in [2.05, 4.69) is 5.32 Å². The van der Waals surface area contributed by atoms with E-state index in [0.29, 0.717) is 19.7 Å². The third kappa shape index (κ3) is 5.70. The van der Waals surface area contributed by atoms with Gasteiger partial charge in [-0.1, -0.05) is 11.6 Å². The first-order chi connectivity index (χ1) is 9.54. The van der Waals surface area contributed by atoms with Crippen molar-refractivity contribution in [2.45, 2.75) is 6.10 Å². The Hall–Kier alpha value is -1.41. The molecule has 0 spiro atoms. The third-order valence-corrected chi connectivity index (χ3v) is 2.73. The number of nitro benzene ring substituents is 1. The summed E-state index contributed by atoms with van der Waals surface area (Å²) in [6, 6.07) is 3.91. The van der Waals surface area contributed by atoms with E-state index in [0.717, 1.165) is 0 Å². The number of nitro groups is 1. The van der Waals surface area contributed by atoms with Gasteiger partial charge < -0.3 is 19.9 Å². The molecule has 0 bridgehead atoms. The zero-order valence-electron chi connectivity index (χ0n) is 11.0. The van der Waals surface area contributed by atoms with Gasteiger partial charge in [0.25, 0.3) is 5.69 Å². The number of benzene rings is 1. The highest BCUT2D eigenvalue weighted by atomic mass is 35.5. The fraction of sp³-hybridized carbons (Fsp3) is 0.500. The molecule has 8 heteroatoms. The van der Waals surface area contributed by atoms with Gasteiger partial charge in [-0.25, -0.2) is 0 Å². The highest BCUT2D eigenvalue weighted by molar-refractivity contribution is 6.32. The van der Waals surface area contributed by atoms with E-state index in [1.165, 1.54) is 18.2 Å². The maximum absolute atomic E-state index is 10.6. The molecule has 0 radical (unpaired) electrons. The van der Waals surface area contributed by atoms with Gasteiger partial charge in [0.1, 0.15) is 18.5 Å². The van der Waals surface area contributed by atoms with E-state index in [1.54, 1.807) is 7.11 Å². The summed E-state index contributed by atoms with van der Waals surface area (Å²) >= 11 is 5.87. The topological polar surface area (TPSA) is 93.9 Å². The molecule has 1 unspecified atom stereocenters. The second kappa shape index (κ2) is 8.70. The normalized spacial score (nSPS) is 12.2. The summed E-state index contributed by atoms with van der Waals surface area (Å²) in [6.45, 7) is 1.48. The zero-order valence-corrected chi connectivity index (χ0v) is 11.8. The van der Waals surface area contributed by atoms with Crippen LogP contribution in [0.1, 0.15) is 0 Å². The largest absolute Gasteiger partial charge is 0.489 e. The van der Waals surface area contributed by atoms with E-state index in [9.17, 15) is 15.2 Å². The quantitative estimate of drug-likeness (QED) is 0.405. The predicted octanol–water partition coefficient (Wildman–Crippen LogP) is 1.22. The summed E-state index contributed by atoms with van der Waals surface area (Å²) < 4.78 is 10.1. The highest BCUT2D eigenvalue weighted by Crippen LogP contribution is 2.28. The number of non-ortho nitro benzene ring substituents is 1. The Morgan fingerprint density at radius 1 is 1.55 bits per heavy atom. The molecule has 0 heterocycles. The van der Waals surface area contributed by atoms with E-state index >= 15 is 0 Å². The van der Waals surface area contributed by atoms with Crippen LogP contribution in [0.2, 0.25) is 5.02 Å². The monoisotopic (exact) mass is 304 g/mol. The molecule has 1 aromatic carbocycles. The lowest BCUT2D eigenvalue weighted by atomic mass is 10.3. The maximum atomic E-state index is 10.6. The van der Waals surface area contributed by atoms with Gasteiger partial charge >= 0.3 is 0 Å². The van der Waals surface area contributed by atoms with E-state index in [1.807, 2.05) is 0 Å². The van der Waals surface area contributed by atoms with Gasteiger partial charge in [-0.3, -0.25) is 10.1 Å². The van der Waals surface area contributed by atoms with E-state index in [-0.39, 0.29) is 23.1 Å². The Labute approximate surface area is 121 Å². The van der Waals surface area contributed by atoms with Crippen LogP contribution in [0.3, 0.4) is 0 Å². The van der Waals surface area contributed by atoms with Gasteiger partial charge in [-0.05, 0) is 6.07 Å². The fourth-order valence-electron chi connectivity index (χ4n) is 1.40. The lowest BCUT2D eigenvalue weighted by molar-refractivity contribution is -0.384. The molecule has 0 aliphatic rings. The van der Waals surface area contributed by atoms with Crippen LogP contribution in [0.5, 0.6) is 5.75 Å². The second-order valence-corrected chi connectivity index (χ2v) is 4.44. The highest BCUT2D eigenvalue weighted by Gasteiger charge is 2.12. The van der Waals surface area contributed by atoms with Gasteiger partial charge in [0.05, 0.1) is 22.6 Å². The number of hydrogen-bond acceptors (Lipinski definition) is 6. The fourth-order valence-corrected chi connectivity index (χ4v) is 1.58. The average Bonchev–Trinajstić information content (AvgIpc) is 2.42. The molecule has 0 aromatic heterocycles. The SMILES string of the molecule is COCCNCC(O)COc1cc([N+](=O)[O-])ccc1Cl. The van der Waals surface area contributed by atoms with Crippen LogP contribution in [-0.4, -0.2) is 49.5 Å². The zero-order chi connectivity index (χ0) is 15.0. The first kappa shape index (κ1) is 16.6. The predicted molar refractivity (Wildman–Crippen MR) is 74.4 cm³/mol. The van der Waals surface area contributed by atoms with Crippen LogP contribution in [0.15, 0.2) is 18.2 Å². The standard InChI is InChI=1S/C12H17ClN2O5/c1-19-5-4-14-7-10(16)8-20-12-6-9(15(17)18)2-3-11(12)13/h2-3,6,10,14,16H,4-5,7-8H2,1H3. The molecule has 7 nitrogen and oxygen atoms in total. The number of ether oxygens (including phenoxy) is 2. The molecular weight excluding hydrogens is 288 g/mol. The van der Waals surface area contributed by atoms with Gasteiger partial charge in [0.15, 0.2) is 0 Å².